The molecule has 0 spiro atoms. The summed E-state index contributed by atoms with van der Waals surface area (Å²) in [4.78, 5) is 21.2. The number of carbonyl (C=O) groups is 1. The molecule has 164 valence electrons. The van der Waals surface area contributed by atoms with Gasteiger partial charge in [0.1, 0.15) is 11.4 Å². The number of rotatable bonds is 7. The second-order valence-electron chi connectivity index (χ2n) is 8.72. The molecule has 10 heteroatoms. The number of carbonyl (C=O) groups excluding carboxylic acids is 1. The average molecular weight is 426 g/mol. The summed E-state index contributed by atoms with van der Waals surface area (Å²) in [6.45, 7) is 6.69. The Balaban J connectivity index is 1.87. The van der Waals surface area contributed by atoms with E-state index in [9.17, 15) is 18.0 Å². The van der Waals surface area contributed by atoms with Crippen molar-refractivity contribution in [3.63, 3.8) is 0 Å². The summed E-state index contributed by atoms with van der Waals surface area (Å²) < 4.78 is 49.0. The van der Waals surface area contributed by atoms with Crippen molar-refractivity contribution in [2.45, 2.75) is 71.1 Å². The number of alkyl halides is 3. The fourth-order valence-electron chi connectivity index (χ4n) is 3.12. The first-order chi connectivity index (χ1) is 13.9. The van der Waals surface area contributed by atoms with Gasteiger partial charge in [-0.05, 0) is 31.1 Å². The van der Waals surface area contributed by atoms with E-state index in [0.717, 1.165) is 19.8 Å². The van der Waals surface area contributed by atoms with E-state index in [1.54, 1.807) is 0 Å². The molecule has 7 nitrogen and oxygen atoms in total. The Morgan fingerprint density at radius 1 is 1.33 bits per heavy atom. The zero-order valence-corrected chi connectivity index (χ0v) is 17.3. The van der Waals surface area contributed by atoms with Gasteiger partial charge in [0.15, 0.2) is 17.7 Å². The molecule has 1 unspecified atom stereocenters. The maximum absolute atomic E-state index is 13.0. The average Bonchev–Trinajstić information content (AvgIpc) is 3.38. The van der Waals surface area contributed by atoms with E-state index in [1.165, 1.54) is 12.3 Å². The van der Waals surface area contributed by atoms with Gasteiger partial charge in [-0.1, -0.05) is 25.9 Å². The lowest BCUT2D eigenvalue weighted by atomic mass is 9.77. The fraction of sp³-hybridized carbons (Fsp3) is 0.600. The van der Waals surface area contributed by atoms with Gasteiger partial charge in [-0.25, -0.2) is 0 Å². The van der Waals surface area contributed by atoms with E-state index in [2.05, 4.69) is 15.1 Å². The summed E-state index contributed by atoms with van der Waals surface area (Å²) >= 11 is 0. The molecular formula is C20H25F3N4O3. The van der Waals surface area contributed by atoms with Crippen molar-refractivity contribution < 1.29 is 27.2 Å². The largest absolute Gasteiger partial charge is 0.481 e. The third-order valence-corrected chi connectivity index (χ3v) is 5.17. The van der Waals surface area contributed by atoms with Crippen LogP contribution in [0.2, 0.25) is 0 Å². The maximum atomic E-state index is 13.0. The summed E-state index contributed by atoms with van der Waals surface area (Å²) in [5, 5.41) is 3.83. The molecule has 3 rings (SSSR count). The van der Waals surface area contributed by atoms with Crippen LogP contribution in [0.25, 0.3) is 0 Å². The first-order valence-corrected chi connectivity index (χ1v) is 9.72. The number of hydrogen-bond acceptors (Lipinski definition) is 7. The number of Topliss-reactive ketones (excluding diaryl/α,β-unsaturated/α-hetero) is 1. The Morgan fingerprint density at radius 3 is 2.50 bits per heavy atom. The van der Waals surface area contributed by atoms with Crippen LogP contribution in [0.15, 0.2) is 16.8 Å². The normalized spacial score (nSPS) is 16.9. The molecule has 0 amide bonds. The molecule has 1 fully saturated rings. The molecule has 1 saturated carbocycles. The minimum absolute atomic E-state index is 0.00743. The highest BCUT2D eigenvalue weighted by atomic mass is 19.4. The number of ketones is 1. The second kappa shape index (κ2) is 7.88. The van der Waals surface area contributed by atoms with E-state index >= 15 is 0 Å². The Kier molecular flexibility index (Phi) is 5.79. The molecule has 0 saturated heterocycles. The summed E-state index contributed by atoms with van der Waals surface area (Å²) in [7, 11) is 0. The number of aromatic nitrogens is 3. The highest BCUT2D eigenvalue weighted by molar-refractivity contribution is 5.95. The molecule has 1 aliphatic carbocycles. The third-order valence-electron chi connectivity index (χ3n) is 5.17. The fourth-order valence-corrected chi connectivity index (χ4v) is 3.12. The Hall–Kier alpha value is -2.65. The molecule has 2 atom stereocenters. The minimum atomic E-state index is -4.51. The zero-order valence-electron chi connectivity index (χ0n) is 17.3. The smallest absolute Gasteiger partial charge is 0.425 e. The standard InChI is InChI=1S/C20H25F3N4O3/c1-10(20(21,22)23)29-16-8-14(25-9-12(16)11-5-6-11)15(28)7-13(19(2,3)4)17-26-18(24)30-27-17/h8-11,13H,5-7H2,1-4H3,(H2,24,26,27)/t10-,13?/m0/s1. The molecule has 1 aliphatic rings. The molecule has 30 heavy (non-hydrogen) atoms. The number of hydrogen-bond donors (Lipinski definition) is 1. The molecule has 2 aromatic heterocycles. The van der Waals surface area contributed by atoms with E-state index in [0.29, 0.717) is 11.4 Å². The number of halogens is 3. The van der Waals surface area contributed by atoms with Crippen molar-refractivity contribution >= 4 is 11.8 Å². The number of nitrogens with zero attached hydrogens (tertiary/aromatic N) is 3. The van der Waals surface area contributed by atoms with Gasteiger partial charge in [0, 0.05) is 30.2 Å². The number of anilines is 1. The van der Waals surface area contributed by atoms with Crippen molar-refractivity contribution in [1.82, 2.24) is 15.1 Å². The Morgan fingerprint density at radius 2 is 2.00 bits per heavy atom. The van der Waals surface area contributed by atoms with Gasteiger partial charge in [0.25, 0.3) is 0 Å². The lowest BCUT2D eigenvalue weighted by Crippen LogP contribution is -2.31. The number of nitrogen functional groups attached to an aromatic ring is 1. The van der Waals surface area contributed by atoms with Crippen molar-refractivity contribution in [2.24, 2.45) is 5.41 Å². The van der Waals surface area contributed by atoms with Gasteiger partial charge in [-0.3, -0.25) is 9.78 Å². The highest BCUT2D eigenvalue weighted by Crippen LogP contribution is 2.45. The first-order valence-electron chi connectivity index (χ1n) is 9.72. The van der Waals surface area contributed by atoms with Gasteiger partial charge < -0.3 is 15.0 Å². The van der Waals surface area contributed by atoms with Gasteiger partial charge in [0.2, 0.25) is 0 Å². The summed E-state index contributed by atoms with van der Waals surface area (Å²) in [6, 6.07) is 1.21. The van der Waals surface area contributed by atoms with Crippen LogP contribution >= 0.6 is 0 Å². The molecule has 2 N–H and O–H groups in total. The predicted molar refractivity (Wildman–Crippen MR) is 102 cm³/mol. The molecule has 0 aliphatic heterocycles. The van der Waals surface area contributed by atoms with Crippen LogP contribution in [-0.2, 0) is 0 Å². The Labute approximate surface area is 172 Å². The molecular weight excluding hydrogens is 401 g/mol. The summed E-state index contributed by atoms with van der Waals surface area (Å²) in [5.41, 5.74) is 5.74. The molecule has 0 radical (unpaired) electrons. The van der Waals surface area contributed by atoms with Gasteiger partial charge in [-0.2, -0.15) is 18.2 Å². The van der Waals surface area contributed by atoms with Gasteiger partial charge in [-0.15, -0.1) is 0 Å². The number of ether oxygens (including phenoxy) is 1. The van der Waals surface area contributed by atoms with Crippen LogP contribution in [0.5, 0.6) is 5.75 Å². The number of nitrogens with two attached hydrogens (primary N) is 1. The first kappa shape index (κ1) is 22.0. The van der Waals surface area contributed by atoms with Crippen LogP contribution in [-0.4, -0.2) is 33.2 Å². The number of pyridine rings is 1. The summed E-state index contributed by atoms with van der Waals surface area (Å²) in [6.07, 6.45) is -3.35. The topological polar surface area (TPSA) is 104 Å². The summed E-state index contributed by atoms with van der Waals surface area (Å²) in [5.74, 6) is -0.316. The molecule has 2 aromatic rings. The van der Waals surface area contributed by atoms with E-state index in [-0.39, 0.29) is 35.6 Å². The molecule has 0 bridgehead atoms. The zero-order chi connectivity index (χ0) is 22.3. The van der Waals surface area contributed by atoms with Crippen molar-refractivity contribution in [2.75, 3.05) is 5.73 Å². The van der Waals surface area contributed by atoms with Crippen LogP contribution < -0.4 is 10.5 Å². The molecule has 0 aromatic carbocycles. The monoisotopic (exact) mass is 426 g/mol. The van der Waals surface area contributed by atoms with Crippen LogP contribution in [0.3, 0.4) is 0 Å². The van der Waals surface area contributed by atoms with E-state index < -0.39 is 23.6 Å². The second-order valence-corrected chi connectivity index (χ2v) is 8.72. The van der Waals surface area contributed by atoms with Crippen molar-refractivity contribution in [3.05, 3.63) is 29.3 Å². The maximum Gasteiger partial charge on any atom is 0.425 e. The minimum Gasteiger partial charge on any atom is -0.481 e. The van der Waals surface area contributed by atoms with Crippen LogP contribution in [0.1, 0.15) is 80.7 Å². The van der Waals surface area contributed by atoms with Crippen LogP contribution in [0, 0.1) is 5.41 Å². The highest BCUT2D eigenvalue weighted by Gasteiger charge is 2.40. The Bertz CT molecular complexity index is 917. The molecule has 2 heterocycles. The lowest BCUT2D eigenvalue weighted by molar-refractivity contribution is -0.189. The predicted octanol–water partition coefficient (Wildman–Crippen LogP) is 4.66. The van der Waals surface area contributed by atoms with E-state index in [4.69, 9.17) is 15.0 Å². The van der Waals surface area contributed by atoms with Crippen molar-refractivity contribution in [1.29, 1.82) is 0 Å². The van der Waals surface area contributed by atoms with Gasteiger partial charge in [0.05, 0.1) is 0 Å². The van der Waals surface area contributed by atoms with Crippen molar-refractivity contribution in [3.8, 4) is 5.75 Å². The quantitative estimate of drug-likeness (QED) is 0.642. The van der Waals surface area contributed by atoms with Gasteiger partial charge >= 0.3 is 12.2 Å². The van der Waals surface area contributed by atoms with E-state index in [1.807, 2.05) is 20.8 Å². The third kappa shape index (κ3) is 5.09. The lowest BCUT2D eigenvalue weighted by Gasteiger charge is -2.27. The SMILES string of the molecule is C[C@H](Oc1cc(C(=O)CC(c2noc(N)n2)C(C)(C)C)ncc1C1CC1)C(F)(F)F. The van der Waals surface area contributed by atoms with Crippen LogP contribution in [0.4, 0.5) is 19.2 Å².